The van der Waals surface area contributed by atoms with Crippen LogP contribution in [-0.2, 0) is 14.9 Å². The number of hydrogen-bond acceptors (Lipinski definition) is 5. The first-order chi connectivity index (χ1) is 11.4. The minimum atomic E-state index is -3.94. The van der Waals surface area contributed by atoms with Gasteiger partial charge in [0.2, 0.25) is 0 Å². The number of carboxylic acid groups (broad SMARTS) is 1. The van der Waals surface area contributed by atoms with Gasteiger partial charge in [0.05, 0.1) is 18.4 Å². The summed E-state index contributed by atoms with van der Waals surface area (Å²) in [6, 6.07) is 4.26. The van der Waals surface area contributed by atoms with Crippen LogP contribution in [0.15, 0.2) is 23.1 Å². The molecule has 1 fully saturated rings. The van der Waals surface area contributed by atoms with Gasteiger partial charge in [-0.3, -0.25) is 4.84 Å². The van der Waals surface area contributed by atoms with E-state index in [2.05, 4.69) is 0 Å². The van der Waals surface area contributed by atoms with E-state index < -0.39 is 16.0 Å². The largest absolute Gasteiger partial charge is 0.478 e. The molecule has 0 unspecified atom stereocenters. The summed E-state index contributed by atoms with van der Waals surface area (Å²) in [5.41, 5.74) is 0.486. The van der Waals surface area contributed by atoms with Crippen molar-refractivity contribution in [3.8, 4) is 0 Å². The molecule has 24 heavy (non-hydrogen) atoms. The van der Waals surface area contributed by atoms with Crippen molar-refractivity contribution in [2.75, 3.05) is 31.6 Å². The van der Waals surface area contributed by atoms with Gasteiger partial charge in [-0.2, -0.15) is 0 Å². The summed E-state index contributed by atoms with van der Waals surface area (Å²) in [6.45, 7) is 3.57. The van der Waals surface area contributed by atoms with Crippen molar-refractivity contribution >= 4 is 21.7 Å². The van der Waals surface area contributed by atoms with Crippen LogP contribution in [0.25, 0.3) is 0 Å². The van der Waals surface area contributed by atoms with Crippen molar-refractivity contribution in [1.29, 1.82) is 0 Å². The number of anilines is 1. The molecule has 1 saturated heterocycles. The van der Waals surface area contributed by atoms with E-state index in [0.29, 0.717) is 12.1 Å². The summed E-state index contributed by atoms with van der Waals surface area (Å²) in [5, 5.41) is 9.22. The fraction of sp³-hybridized carbons (Fsp3) is 0.562. The highest BCUT2D eigenvalue weighted by molar-refractivity contribution is 7.89. The van der Waals surface area contributed by atoms with Gasteiger partial charge in [-0.15, -0.1) is 0 Å². The standard InChI is InChI=1S/C16H24N2O5S/c1-3-9-18(23-2)24(21,22)15-12-13(16(19)20)7-8-14(15)17-10-5-4-6-11-17/h7-8,12H,3-6,9-11H2,1-2H3,(H,19,20). The van der Waals surface area contributed by atoms with E-state index >= 15 is 0 Å². The van der Waals surface area contributed by atoms with Gasteiger partial charge >= 0.3 is 5.97 Å². The zero-order valence-corrected chi connectivity index (χ0v) is 14.9. The second-order valence-electron chi connectivity index (χ2n) is 5.75. The first-order valence-corrected chi connectivity index (χ1v) is 9.55. The van der Waals surface area contributed by atoms with E-state index in [-0.39, 0.29) is 17.0 Å². The summed E-state index contributed by atoms with van der Waals surface area (Å²) >= 11 is 0. The van der Waals surface area contributed by atoms with Gasteiger partial charge in [0, 0.05) is 19.6 Å². The lowest BCUT2D eigenvalue weighted by Crippen LogP contribution is -2.35. The lowest BCUT2D eigenvalue weighted by molar-refractivity contribution is -0.0482. The third kappa shape index (κ3) is 3.88. The maximum absolute atomic E-state index is 13.0. The Balaban J connectivity index is 2.54. The van der Waals surface area contributed by atoms with E-state index in [1.807, 2.05) is 11.8 Å². The molecule has 2 rings (SSSR count). The quantitative estimate of drug-likeness (QED) is 0.755. The van der Waals surface area contributed by atoms with Crippen LogP contribution in [0.4, 0.5) is 5.69 Å². The predicted molar refractivity (Wildman–Crippen MR) is 90.7 cm³/mol. The molecule has 0 aliphatic carbocycles. The molecule has 1 aliphatic rings. The van der Waals surface area contributed by atoms with Crippen molar-refractivity contribution in [3.05, 3.63) is 23.8 Å². The number of hydroxylamine groups is 1. The van der Waals surface area contributed by atoms with Crippen LogP contribution in [0.1, 0.15) is 43.0 Å². The Hall–Kier alpha value is -1.64. The minimum absolute atomic E-state index is 0.0143. The molecule has 0 saturated carbocycles. The molecule has 0 radical (unpaired) electrons. The maximum atomic E-state index is 13.0. The average molecular weight is 356 g/mol. The Kier molecular flexibility index (Phi) is 6.20. The Morgan fingerprint density at radius 3 is 2.50 bits per heavy atom. The number of piperidine rings is 1. The summed E-state index contributed by atoms with van der Waals surface area (Å²) in [7, 11) is -2.64. The molecule has 1 heterocycles. The van der Waals surface area contributed by atoms with Crippen molar-refractivity contribution < 1.29 is 23.2 Å². The SMILES string of the molecule is CCCN(OC)S(=O)(=O)c1cc(C(=O)O)ccc1N1CCCCC1. The molecule has 0 amide bonds. The molecular weight excluding hydrogens is 332 g/mol. The van der Waals surface area contributed by atoms with Crippen molar-refractivity contribution in [2.24, 2.45) is 0 Å². The highest BCUT2D eigenvalue weighted by atomic mass is 32.2. The molecule has 1 aromatic rings. The number of aromatic carboxylic acids is 1. The Morgan fingerprint density at radius 2 is 1.96 bits per heavy atom. The van der Waals surface area contributed by atoms with Gasteiger partial charge in [-0.05, 0) is 43.9 Å². The van der Waals surface area contributed by atoms with Crippen LogP contribution in [0.3, 0.4) is 0 Å². The van der Waals surface area contributed by atoms with Crippen LogP contribution in [0, 0.1) is 0 Å². The Labute approximate surface area is 142 Å². The molecule has 0 bridgehead atoms. The Bertz CT molecular complexity index is 684. The fourth-order valence-electron chi connectivity index (χ4n) is 2.85. The summed E-state index contributed by atoms with van der Waals surface area (Å²) in [5.74, 6) is -1.16. The zero-order chi connectivity index (χ0) is 17.7. The molecule has 1 aromatic carbocycles. The topological polar surface area (TPSA) is 87.1 Å². The lowest BCUT2D eigenvalue weighted by Gasteiger charge is -2.31. The Morgan fingerprint density at radius 1 is 1.29 bits per heavy atom. The molecule has 0 aromatic heterocycles. The molecule has 8 heteroatoms. The molecule has 7 nitrogen and oxygen atoms in total. The van der Waals surface area contributed by atoms with E-state index in [9.17, 15) is 18.3 Å². The third-order valence-corrected chi connectivity index (χ3v) is 5.81. The number of carboxylic acids is 1. The second kappa shape index (κ2) is 7.96. The van der Waals surface area contributed by atoms with Gasteiger partial charge in [0.15, 0.2) is 0 Å². The smallest absolute Gasteiger partial charge is 0.335 e. The van der Waals surface area contributed by atoms with Gasteiger partial charge in [-0.1, -0.05) is 11.4 Å². The van der Waals surface area contributed by atoms with Crippen LogP contribution < -0.4 is 4.90 Å². The summed E-state index contributed by atoms with van der Waals surface area (Å²) in [6.07, 6.45) is 3.68. The van der Waals surface area contributed by atoms with Crippen LogP contribution in [0.5, 0.6) is 0 Å². The number of carbonyl (C=O) groups is 1. The number of sulfonamides is 1. The van der Waals surface area contributed by atoms with Gasteiger partial charge < -0.3 is 10.0 Å². The summed E-state index contributed by atoms with van der Waals surface area (Å²) < 4.78 is 26.9. The zero-order valence-electron chi connectivity index (χ0n) is 14.1. The number of nitrogens with zero attached hydrogens (tertiary/aromatic N) is 2. The third-order valence-electron chi connectivity index (χ3n) is 4.06. The maximum Gasteiger partial charge on any atom is 0.335 e. The predicted octanol–water partition coefficient (Wildman–Crippen LogP) is 2.34. The van der Waals surface area contributed by atoms with Gasteiger partial charge in [-0.25, -0.2) is 13.2 Å². The van der Waals surface area contributed by atoms with Crippen LogP contribution in [-0.4, -0.2) is 50.7 Å². The molecule has 1 aliphatic heterocycles. The molecule has 0 atom stereocenters. The highest BCUT2D eigenvalue weighted by Gasteiger charge is 2.30. The van der Waals surface area contributed by atoms with E-state index in [4.69, 9.17) is 4.84 Å². The molecule has 134 valence electrons. The highest BCUT2D eigenvalue weighted by Crippen LogP contribution is 2.31. The molecule has 0 spiro atoms. The van der Waals surface area contributed by atoms with E-state index in [0.717, 1.165) is 36.8 Å². The van der Waals surface area contributed by atoms with Crippen LogP contribution >= 0.6 is 0 Å². The molecule has 1 N–H and O–H groups in total. The van der Waals surface area contributed by atoms with Crippen LogP contribution in [0.2, 0.25) is 0 Å². The monoisotopic (exact) mass is 356 g/mol. The van der Waals surface area contributed by atoms with Gasteiger partial charge in [0.1, 0.15) is 4.90 Å². The van der Waals surface area contributed by atoms with E-state index in [1.54, 1.807) is 6.07 Å². The number of hydrogen-bond donors (Lipinski definition) is 1. The first kappa shape index (κ1) is 18.7. The average Bonchev–Trinajstić information content (AvgIpc) is 2.59. The number of benzene rings is 1. The fourth-order valence-corrected chi connectivity index (χ4v) is 4.43. The molecular formula is C16H24N2O5S. The number of rotatable bonds is 7. The van der Waals surface area contributed by atoms with Crippen molar-refractivity contribution in [2.45, 2.75) is 37.5 Å². The second-order valence-corrected chi connectivity index (χ2v) is 7.55. The van der Waals surface area contributed by atoms with Gasteiger partial charge in [0.25, 0.3) is 10.0 Å². The van der Waals surface area contributed by atoms with Crippen molar-refractivity contribution in [1.82, 2.24) is 4.47 Å². The van der Waals surface area contributed by atoms with Crippen molar-refractivity contribution in [3.63, 3.8) is 0 Å². The lowest BCUT2D eigenvalue weighted by atomic mass is 10.1. The minimum Gasteiger partial charge on any atom is -0.478 e. The van der Waals surface area contributed by atoms with E-state index in [1.165, 1.54) is 19.2 Å². The first-order valence-electron chi connectivity index (χ1n) is 8.11. The summed E-state index contributed by atoms with van der Waals surface area (Å²) in [4.78, 5) is 18.3. The normalized spacial score (nSPS) is 15.7.